The standard InChI is InChI=1S/C15H20N4O3/c1-3-19-13(9-11(2)18-19)15(21)17-10-14(20)16-7-6-12-5-4-8-22-12/h4-5,8-9H,3,6-7,10H2,1-2H3,(H,16,20)(H,17,21). The summed E-state index contributed by atoms with van der Waals surface area (Å²) < 4.78 is 6.78. The van der Waals surface area contributed by atoms with Gasteiger partial charge in [0.25, 0.3) is 5.91 Å². The van der Waals surface area contributed by atoms with Crippen LogP contribution in [0.2, 0.25) is 0 Å². The summed E-state index contributed by atoms with van der Waals surface area (Å²) in [6.45, 7) is 4.74. The molecule has 0 aromatic carbocycles. The summed E-state index contributed by atoms with van der Waals surface area (Å²) in [4.78, 5) is 23.7. The van der Waals surface area contributed by atoms with E-state index in [0.29, 0.717) is 25.2 Å². The molecule has 0 atom stereocenters. The highest BCUT2D eigenvalue weighted by Crippen LogP contribution is 2.03. The van der Waals surface area contributed by atoms with Gasteiger partial charge >= 0.3 is 0 Å². The van der Waals surface area contributed by atoms with Gasteiger partial charge in [0.05, 0.1) is 18.5 Å². The van der Waals surface area contributed by atoms with E-state index in [1.165, 1.54) is 0 Å². The molecule has 0 bridgehead atoms. The molecule has 118 valence electrons. The van der Waals surface area contributed by atoms with Crippen LogP contribution in [0.15, 0.2) is 28.9 Å². The van der Waals surface area contributed by atoms with Crippen LogP contribution in [0.25, 0.3) is 0 Å². The highest BCUT2D eigenvalue weighted by Gasteiger charge is 2.13. The van der Waals surface area contributed by atoms with Crippen molar-refractivity contribution in [2.75, 3.05) is 13.1 Å². The number of rotatable bonds is 7. The lowest BCUT2D eigenvalue weighted by Gasteiger charge is -2.07. The van der Waals surface area contributed by atoms with E-state index in [-0.39, 0.29) is 18.4 Å². The number of amides is 2. The normalized spacial score (nSPS) is 10.5. The van der Waals surface area contributed by atoms with Crippen LogP contribution in [0.4, 0.5) is 0 Å². The molecule has 2 N–H and O–H groups in total. The van der Waals surface area contributed by atoms with Crippen molar-refractivity contribution in [3.05, 3.63) is 41.6 Å². The van der Waals surface area contributed by atoms with Gasteiger partial charge in [0, 0.05) is 19.5 Å². The Kier molecular flexibility index (Phi) is 5.35. The minimum atomic E-state index is -0.302. The van der Waals surface area contributed by atoms with E-state index >= 15 is 0 Å². The largest absolute Gasteiger partial charge is 0.469 e. The van der Waals surface area contributed by atoms with Crippen molar-refractivity contribution in [1.29, 1.82) is 0 Å². The Morgan fingerprint density at radius 1 is 1.36 bits per heavy atom. The number of aromatic nitrogens is 2. The highest BCUT2D eigenvalue weighted by atomic mass is 16.3. The number of aryl methyl sites for hydroxylation is 2. The van der Waals surface area contributed by atoms with Crippen LogP contribution in [0.1, 0.15) is 28.9 Å². The van der Waals surface area contributed by atoms with Crippen molar-refractivity contribution >= 4 is 11.8 Å². The Balaban J connectivity index is 1.74. The van der Waals surface area contributed by atoms with Crippen molar-refractivity contribution < 1.29 is 14.0 Å². The Bertz CT molecular complexity index is 631. The van der Waals surface area contributed by atoms with Crippen molar-refractivity contribution in [2.24, 2.45) is 0 Å². The molecule has 2 aromatic rings. The van der Waals surface area contributed by atoms with E-state index in [1.54, 1.807) is 23.1 Å². The minimum Gasteiger partial charge on any atom is -0.469 e. The summed E-state index contributed by atoms with van der Waals surface area (Å²) in [5.74, 6) is 0.273. The van der Waals surface area contributed by atoms with Gasteiger partial charge in [-0.3, -0.25) is 14.3 Å². The summed E-state index contributed by atoms with van der Waals surface area (Å²) in [6, 6.07) is 5.35. The van der Waals surface area contributed by atoms with Crippen molar-refractivity contribution in [1.82, 2.24) is 20.4 Å². The fraction of sp³-hybridized carbons (Fsp3) is 0.400. The van der Waals surface area contributed by atoms with Gasteiger partial charge < -0.3 is 15.1 Å². The zero-order valence-corrected chi connectivity index (χ0v) is 12.8. The first-order chi connectivity index (χ1) is 10.6. The molecule has 2 rings (SSSR count). The number of nitrogens with one attached hydrogen (secondary N) is 2. The smallest absolute Gasteiger partial charge is 0.269 e. The molecular weight excluding hydrogens is 284 g/mol. The summed E-state index contributed by atoms with van der Waals surface area (Å²) in [7, 11) is 0. The van der Waals surface area contributed by atoms with Crippen LogP contribution in [0, 0.1) is 6.92 Å². The number of hydrogen-bond acceptors (Lipinski definition) is 4. The lowest BCUT2D eigenvalue weighted by Crippen LogP contribution is -2.38. The summed E-state index contributed by atoms with van der Waals surface area (Å²) in [6.07, 6.45) is 2.21. The van der Waals surface area contributed by atoms with Gasteiger partial charge in [0.1, 0.15) is 11.5 Å². The first-order valence-corrected chi connectivity index (χ1v) is 7.22. The fourth-order valence-electron chi connectivity index (χ4n) is 2.06. The summed E-state index contributed by atoms with van der Waals surface area (Å²) in [5, 5.41) is 9.52. The number of carbonyl (C=O) groups excluding carboxylic acids is 2. The predicted molar refractivity (Wildman–Crippen MR) is 80.4 cm³/mol. The molecule has 0 unspecified atom stereocenters. The zero-order valence-electron chi connectivity index (χ0n) is 12.8. The van der Waals surface area contributed by atoms with Gasteiger partial charge in [0.15, 0.2) is 0 Å². The molecular formula is C15H20N4O3. The number of hydrogen-bond donors (Lipinski definition) is 2. The Morgan fingerprint density at radius 3 is 2.86 bits per heavy atom. The third-order valence-corrected chi connectivity index (χ3v) is 3.12. The molecule has 2 aromatic heterocycles. The highest BCUT2D eigenvalue weighted by molar-refractivity contribution is 5.95. The third-order valence-electron chi connectivity index (χ3n) is 3.12. The monoisotopic (exact) mass is 304 g/mol. The van der Waals surface area contributed by atoms with E-state index < -0.39 is 0 Å². The number of carbonyl (C=O) groups is 2. The average molecular weight is 304 g/mol. The average Bonchev–Trinajstić information content (AvgIpc) is 3.14. The molecule has 22 heavy (non-hydrogen) atoms. The number of furan rings is 1. The van der Waals surface area contributed by atoms with Crippen LogP contribution in [0.5, 0.6) is 0 Å². The van der Waals surface area contributed by atoms with Crippen LogP contribution in [0.3, 0.4) is 0 Å². The molecule has 0 spiro atoms. The van der Waals surface area contributed by atoms with Gasteiger partial charge in [-0.2, -0.15) is 5.10 Å². The molecule has 2 amide bonds. The Labute approximate surface area is 128 Å². The topological polar surface area (TPSA) is 89.2 Å². The van der Waals surface area contributed by atoms with E-state index in [9.17, 15) is 9.59 Å². The van der Waals surface area contributed by atoms with Gasteiger partial charge in [-0.05, 0) is 32.0 Å². The van der Waals surface area contributed by atoms with E-state index in [0.717, 1.165) is 11.5 Å². The second-order valence-electron chi connectivity index (χ2n) is 4.85. The second kappa shape index (κ2) is 7.44. The molecule has 0 radical (unpaired) electrons. The third kappa shape index (κ3) is 4.21. The molecule has 7 nitrogen and oxygen atoms in total. The number of nitrogens with zero attached hydrogens (tertiary/aromatic N) is 2. The first-order valence-electron chi connectivity index (χ1n) is 7.22. The Hall–Kier alpha value is -2.57. The maximum atomic E-state index is 12.0. The maximum absolute atomic E-state index is 12.0. The summed E-state index contributed by atoms with van der Waals surface area (Å²) in [5.41, 5.74) is 1.23. The predicted octanol–water partition coefficient (Wildman–Crippen LogP) is 0.893. The molecule has 0 aliphatic heterocycles. The molecule has 0 aliphatic rings. The minimum absolute atomic E-state index is 0.0646. The van der Waals surface area contributed by atoms with Crippen LogP contribution < -0.4 is 10.6 Å². The SMILES string of the molecule is CCn1nc(C)cc1C(=O)NCC(=O)NCCc1ccco1. The van der Waals surface area contributed by atoms with Crippen LogP contribution in [-0.4, -0.2) is 34.7 Å². The van der Waals surface area contributed by atoms with Crippen molar-refractivity contribution in [3.63, 3.8) is 0 Å². The molecule has 7 heteroatoms. The Morgan fingerprint density at radius 2 is 2.18 bits per heavy atom. The van der Waals surface area contributed by atoms with Gasteiger partial charge in [-0.15, -0.1) is 0 Å². The van der Waals surface area contributed by atoms with E-state index in [4.69, 9.17) is 4.42 Å². The quantitative estimate of drug-likeness (QED) is 0.795. The zero-order chi connectivity index (χ0) is 15.9. The van der Waals surface area contributed by atoms with Crippen molar-refractivity contribution in [2.45, 2.75) is 26.8 Å². The second-order valence-corrected chi connectivity index (χ2v) is 4.85. The first kappa shape index (κ1) is 15.8. The summed E-state index contributed by atoms with van der Waals surface area (Å²) >= 11 is 0. The van der Waals surface area contributed by atoms with Crippen LogP contribution >= 0.6 is 0 Å². The lowest BCUT2D eigenvalue weighted by atomic mass is 10.3. The van der Waals surface area contributed by atoms with E-state index in [2.05, 4.69) is 15.7 Å². The van der Waals surface area contributed by atoms with Crippen molar-refractivity contribution in [3.8, 4) is 0 Å². The van der Waals surface area contributed by atoms with Gasteiger partial charge in [-0.25, -0.2) is 0 Å². The van der Waals surface area contributed by atoms with Gasteiger partial charge in [-0.1, -0.05) is 0 Å². The van der Waals surface area contributed by atoms with Gasteiger partial charge in [0.2, 0.25) is 5.91 Å². The molecule has 2 heterocycles. The maximum Gasteiger partial charge on any atom is 0.269 e. The fourth-order valence-corrected chi connectivity index (χ4v) is 2.06. The molecule has 0 saturated carbocycles. The lowest BCUT2D eigenvalue weighted by molar-refractivity contribution is -0.120. The van der Waals surface area contributed by atoms with Crippen LogP contribution in [-0.2, 0) is 17.8 Å². The molecule has 0 aliphatic carbocycles. The molecule has 0 fully saturated rings. The molecule has 0 saturated heterocycles. The van der Waals surface area contributed by atoms with E-state index in [1.807, 2.05) is 19.9 Å².